The van der Waals surface area contributed by atoms with Crippen molar-refractivity contribution in [3.8, 4) is 5.75 Å². The molecule has 0 aromatic heterocycles. The first-order valence-corrected chi connectivity index (χ1v) is 9.06. The summed E-state index contributed by atoms with van der Waals surface area (Å²) < 4.78 is 6.02. The second kappa shape index (κ2) is 8.45. The van der Waals surface area contributed by atoms with E-state index in [1.165, 1.54) is 13.2 Å². The highest BCUT2D eigenvalue weighted by Crippen LogP contribution is 2.30. The average molecular weight is 452 g/mol. The summed E-state index contributed by atoms with van der Waals surface area (Å²) in [4.78, 5) is 23.4. The van der Waals surface area contributed by atoms with E-state index < -0.39 is 10.8 Å². The van der Waals surface area contributed by atoms with Gasteiger partial charge in [-0.25, -0.2) is 0 Å². The number of hydrogen-bond acceptors (Lipinski definition) is 5. The van der Waals surface area contributed by atoms with Crippen molar-refractivity contribution in [2.45, 2.75) is 20.8 Å². The van der Waals surface area contributed by atoms with Crippen molar-refractivity contribution in [1.29, 1.82) is 0 Å². The number of aryl methyl sites for hydroxylation is 2. The quantitative estimate of drug-likeness (QED) is 0.405. The molecule has 0 aliphatic rings. The lowest BCUT2D eigenvalue weighted by Crippen LogP contribution is -2.34. The standard InChI is InChI=1S/C18H18BrN3O4S/c1-9-5-6-14(22(24)25)15(11(9)3)20-18(27)21-17(23)13-8-12(19)7-10(2)16(13)26-4/h5-8H,1-4H3,(H2,20,21,23,27). The number of rotatable bonds is 4. The van der Waals surface area contributed by atoms with Gasteiger partial charge in [-0.2, -0.15) is 0 Å². The van der Waals surface area contributed by atoms with Crippen LogP contribution >= 0.6 is 28.1 Å². The number of ether oxygens (including phenoxy) is 1. The Morgan fingerprint density at radius 1 is 1.22 bits per heavy atom. The van der Waals surface area contributed by atoms with E-state index in [-0.39, 0.29) is 16.5 Å². The van der Waals surface area contributed by atoms with Crippen LogP contribution in [0.3, 0.4) is 0 Å². The molecule has 142 valence electrons. The highest BCUT2D eigenvalue weighted by Gasteiger charge is 2.21. The van der Waals surface area contributed by atoms with Crippen LogP contribution in [-0.4, -0.2) is 23.1 Å². The number of thiocarbonyl (C=S) groups is 1. The molecule has 2 rings (SSSR count). The van der Waals surface area contributed by atoms with Crippen molar-refractivity contribution in [2.75, 3.05) is 12.4 Å². The molecule has 0 fully saturated rings. The summed E-state index contributed by atoms with van der Waals surface area (Å²) in [7, 11) is 1.48. The van der Waals surface area contributed by atoms with Gasteiger partial charge < -0.3 is 10.1 Å². The van der Waals surface area contributed by atoms with E-state index in [1.807, 2.05) is 19.9 Å². The Labute approximate surface area is 170 Å². The van der Waals surface area contributed by atoms with Gasteiger partial charge in [-0.1, -0.05) is 22.0 Å². The average Bonchev–Trinajstić information content (AvgIpc) is 2.58. The lowest BCUT2D eigenvalue weighted by atomic mass is 10.1. The van der Waals surface area contributed by atoms with Crippen LogP contribution in [0.4, 0.5) is 11.4 Å². The number of carbonyl (C=O) groups is 1. The van der Waals surface area contributed by atoms with Gasteiger partial charge in [-0.05, 0) is 61.8 Å². The summed E-state index contributed by atoms with van der Waals surface area (Å²) in [6.07, 6.45) is 0. The zero-order valence-electron chi connectivity index (χ0n) is 15.2. The molecule has 0 unspecified atom stereocenters. The number of nitrogens with zero attached hydrogens (tertiary/aromatic N) is 1. The Balaban J connectivity index is 2.29. The van der Waals surface area contributed by atoms with E-state index in [0.29, 0.717) is 16.9 Å². The third-order valence-corrected chi connectivity index (χ3v) is 4.73. The minimum absolute atomic E-state index is 0.0449. The van der Waals surface area contributed by atoms with E-state index in [0.717, 1.165) is 15.6 Å². The Kier molecular flexibility index (Phi) is 6.50. The summed E-state index contributed by atoms with van der Waals surface area (Å²) in [5.41, 5.74) is 2.75. The molecular formula is C18H18BrN3O4S. The first kappa shape index (κ1) is 20.8. The van der Waals surface area contributed by atoms with Gasteiger partial charge in [-0.15, -0.1) is 0 Å². The maximum absolute atomic E-state index is 12.6. The summed E-state index contributed by atoms with van der Waals surface area (Å²) in [6, 6.07) is 6.50. The molecule has 0 radical (unpaired) electrons. The van der Waals surface area contributed by atoms with Crippen molar-refractivity contribution in [1.82, 2.24) is 5.32 Å². The predicted octanol–water partition coefficient (Wildman–Crippen LogP) is 4.42. The normalized spacial score (nSPS) is 10.3. The molecule has 2 aromatic rings. The van der Waals surface area contributed by atoms with E-state index in [1.54, 1.807) is 19.1 Å². The Hall–Kier alpha value is -2.52. The fraction of sp³-hybridized carbons (Fsp3) is 0.222. The molecule has 0 aliphatic carbocycles. The first-order chi connectivity index (χ1) is 12.6. The largest absolute Gasteiger partial charge is 0.496 e. The van der Waals surface area contributed by atoms with E-state index in [4.69, 9.17) is 17.0 Å². The van der Waals surface area contributed by atoms with E-state index >= 15 is 0 Å². The highest BCUT2D eigenvalue weighted by molar-refractivity contribution is 9.10. The number of nitrogens with one attached hydrogen (secondary N) is 2. The van der Waals surface area contributed by atoms with Crippen LogP contribution in [0, 0.1) is 30.9 Å². The molecule has 7 nitrogen and oxygen atoms in total. The molecular weight excluding hydrogens is 434 g/mol. The van der Waals surface area contributed by atoms with Gasteiger partial charge in [0.1, 0.15) is 11.4 Å². The molecule has 0 saturated heterocycles. The van der Waals surface area contributed by atoms with E-state index in [9.17, 15) is 14.9 Å². The number of benzene rings is 2. The van der Waals surface area contributed by atoms with Gasteiger partial charge in [-0.3, -0.25) is 20.2 Å². The molecule has 0 aliphatic heterocycles. The van der Waals surface area contributed by atoms with Crippen LogP contribution in [0.25, 0.3) is 0 Å². The van der Waals surface area contributed by atoms with E-state index in [2.05, 4.69) is 26.6 Å². The van der Waals surface area contributed by atoms with Crippen LogP contribution in [0.1, 0.15) is 27.0 Å². The van der Waals surface area contributed by atoms with Crippen LogP contribution in [-0.2, 0) is 0 Å². The molecule has 9 heteroatoms. The minimum Gasteiger partial charge on any atom is -0.496 e. The van der Waals surface area contributed by atoms with Crippen LogP contribution in [0.5, 0.6) is 5.75 Å². The Morgan fingerprint density at radius 3 is 2.48 bits per heavy atom. The van der Waals surface area contributed by atoms with Gasteiger partial charge in [0, 0.05) is 10.5 Å². The van der Waals surface area contributed by atoms with Crippen LogP contribution < -0.4 is 15.4 Å². The highest BCUT2D eigenvalue weighted by atomic mass is 79.9. The summed E-state index contributed by atoms with van der Waals surface area (Å²) >= 11 is 8.54. The van der Waals surface area contributed by atoms with Gasteiger partial charge in [0.15, 0.2) is 5.11 Å². The van der Waals surface area contributed by atoms with Gasteiger partial charge >= 0.3 is 0 Å². The Bertz CT molecular complexity index is 947. The predicted molar refractivity (Wildman–Crippen MR) is 112 cm³/mol. The Morgan fingerprint density at radius 2 is 1.89 bits per heavy atom. The van der Waals surface area contributed by atoms with Crippen molar-refractivity contribution in [3.05, 3.63) is 61.1 Å². The molecule has 0 spiro atoms. The maximum atomic E-state index is 12.6. The first-order valence-electron chi connectivity index (χ1n) is 7.86. The van der Waals surface area contributed by atoms with Crippen molar-refractivity contribution < 1.29 is 14.5 Å². The molecule has 0 saturated carbocycles. The summed E-state index contributed by atoms with van der Waals surface area (Å²) in [5.74, 6) is -0.0575. The van der Waals surface area contributed by atoms with Crippen LogP contribution in [0.2, 0.25) is 0 Å². The molecule has 0 bridgehead atoms. The molecule has 0 heterocycles. The lowest BCUT2D eigenvalue weighted by Gasteiger charge is -2.15. The second-order valence-corrected chi connectivity index (χ2v) is 7.19. The molecule has 2 N–H and O–H groups in total. The number of hydrogen-bond donors (Lipinski definition) is 2. The molecule has 27 heavy (non-hydrogen) atoms. The topological polar surface area (TPSA) is 93.5 Å². The fourth-order valence-corrected chi connectivity index (χ4v) is 3.36. The smallest absolute Gasteiger partial charge is 0.293 e. The number of nitro groups is 1. The fourth-order valence-electron chi connectivity index (χ4n) is 2.60. The van der Waals surface area contributed by atoms with Gasteiger partial charge in [0.2, 0.25) is 0 Å². The van der Waals surface area contributed by atoms with Gasteiger partial charge in [0.05, 0.1) is 17.6 Å². The summed E-state index contributed by atoms with van der Waals surface area (Å²) in [6.45, 7) is 5.40. The SMILES string of the molecule is COc1c(C)cc(Br)cc1C(=O)NC(=S)Nc1c([N+](=O)[O-])ccc(C)c1C. The molecule has 2 aromatic carbocycles. The number of nitro benzene ring substituents is 1. The van der Waals surface area contributed by atoms with Crippen LogP contribution in [0.15, 0.2) is 28.7 Å². The number of amides is 1. The molecule has 1 amide bonds. The van der Waals surface area contributed by atoms with Crippen molar-refractivity contribution in [2.24, 2.45) is 0 Å². The lowest BCUT2D eigenvalue weighted by molar-refractivity contribution is -0.383. The zero-order valence-corrected chi connectivity index (χ0v) is 17.6. The number of halogens is 1. The minimum atomic E-state index is -0.500. The summed E-state index contributed by atoms with van der Waals surface area (Å²) in [5, 5.41) is 16.6. The second-order valence-electron chi connectivity index (χ2n) is 5.87. The number of carbonyl (C=O) groups excluding carboxylic acids is 1. The molecule has 0 atom stereocenters. The number of anilines is 1. The monoisotopic (exact) mass is 451 g/mol. The maximum Gasteiger partial charge on any atom is 0.293 e. The third-order valence-electron chi connectivity index (χ3n) is 4.06. The third kappa shape index (κ3) is 4.61. The van der Waals surface area contributed by atoms with Crippen molar-refractivity contribution >= 4 is 50.5 Å². The van der Waals surface area contributed by atoms with Gasteiger partial charge in [0.25, 0.3) is 11.6 Å². The van der Waals surface area contributed by atoms with Crippen molar-refractivity contribution in [3.63, 3.8) is 0 Å². The zero-order chi connectivity index (χ0) is 20.3. The number of methoxy groups -OCH3 is 1.